The van der Waals surface area contributed by atoms with Crippen molar-refractivity contribution in [3.63, 3.8) is 0 Å². The lowest BCUT2D eigenvalue weighted by molar-refractivity contribution is -0.0409. The van der Waals surface area contributed by atoms with Crippen LogP contribution in [-0.2, 0) is 11.2 Å². The SMILES string of the molecule is CC(N)=NCC[C@H]1CNC[C@@H](c2ccc(-n3cc4cc(-c5cc(CCC[C@H](C)N)cc(Cl)c5F)[nH]c4nc3=O)cc2)O1. The van der Waals surface area contributed by atoms with Crippen LogP contribution in [0.2, 0.25) is 5.02 Å². The van der Waals surface area contributed by atoms with Crippen LogP contribution in [0.3, 0.4) is 0 Å². The molecular weight excluding hydrogens is 557 g/mol. The van der Waals surface area contributed by atoms with Gasteiger partial charge in [0.1, 0.15) is 5.65 Å². The Balaban J connectivity index is 1.35. The second-order valence-electron chi connectivity index (χ2n) is 11.0. The summed E-state index contributed by atoms with van der Waals surface area (Å²) in [6.07, 6.45) is 4.89. The normalized spacial score (nSPS) is 18.5. The number of aliphatic imine (C=N–C) groups is 1. The Morgan fingerprint density at radius 2 is 2.05 bits per heavy atom. The van der Waals surface area contributed by atoms with E-state index in [0.29, 0.717) is 46.9 Å². The van der Waals surface area contributed by atoms with Crippen molar-refractivity contribution in [1.82, 2.24) is 19.9 Å². The van der Waals surface area contributed by atoms with Gasteiger partial charge >= 0.3 is 5.69 Å². The van der Waals surface area contributed by atoms with Gasteiger partial charge in [0.25, 0.3) is 0 Å². The molecule has 1 saturated heterocycles. The molecule has 9 nitrogen and oxygen atoms in total. The lowest BCUT2D eigenvalue weighted by atomic mass is 10.0. The van der Waals surface area contributed by atoms with E-state index in [0.717, 1.165) is 43.4 Å². The van der Waals surface area contributed by atoms with Gasteiger partial charge in [0.15, 0.2) is 5.82 Å². The van der Waals surface area contributed by atoms with Crippen molar-refractivity contribution in [3.05, 3.63) is 81.1 Å². The van der Waals surface area contributed by atoms with Crippen molar-refractivity contribution in [2.45, 2.75) is 57.8 Å². The molecule has 6 N–H and O–H groups in total. The molecular formula is C31H37ClFN7O2. The first-order valence-corrected chi connectivity index (χ1v) is 14.6. The fourth-order valence-electron chi connectivity index (χ4n) is 5.24. The molecule has 42 heavy (non-hydrogen) atoms. The number of nitrogens with two attached hydrogens (primary N) is 2. The molecule has 0 spiro atoms. The molecule has 4 aromatic rings. The number of ether oxygens (including phenoxy) is 1. The molecule has 0 saturated carbocycles. The minimum absolute atomic E-state index is 0.0404. The summed E-state index contributed by atoms with van der Waals surface area (Å²) in [6.45, 7) is 5.83. The van der Waals surface area contributed by atoms with Gasteiger partial charge in [0.2, 0.25) is 0 Å². The fraction of sp³-hybridized carbons (Fsp3) is 0.387. The molecule has 3 heterocycles. The molecule has 1 aliphatic rings. The van der Waals surface area contributed by atoms with Crippen LogP contribution in [0.15, 0.2) is 58.4 Å². The number of nitrogens with zero attached hydrogens (tertiary/aromatic N) is 3. The van der Waals surface area contributed by atoms with E-state index in [2.05, 4.69) is 20.3 Å². The maximum atomic E-state index is 15.1. The highest BCUT2D eigenvalue weighted by Gasteiger charge is 2.23. The van der Waals surface area contributed by atoms with E-state index >= 15 is 4.39 Å². The summed E-state index contributed by atoms with van der Waals surface area (Å²) in [7, 11) is 0. The summed E-state index contributed by atoms with van der Waals surface area (Å²) < 4.78 is 22.9. The molecule has 1 fully saturated rings. The van der Waals surface area contributed by atoms with Gasteiger partial charge in [-0.2, -0.15) is 4.98 Å². The third-order valence-corrected chi connectivity index (χ3v) is 7.70. The summed E-state index contributed by atoms with van der Waals surface area (Å²) in [5, 5.41) is 4.15. The molecule has 222 valence electrons. The Hall–Kier alpha value is -3.57. The molecule has 0 bridgehead atoms. The lowest BCUT2D eigenvalue weighted by Crippen LogP contribution is -2.40. The molecule has 2 aromatic heterocycles. The molecule has 5 rings (SSSR count). The van der Waals surface area contributed by atoms with Crippen molar-refractivity contribution in [1.29, 1.82) is 0 Å². The third kappa shape index (κ3) is 7.07. The molecule has 0 amide bonds. The van der Waals surface area contributed by atoms with E-state index in [1.165, 1.54) is 4.57 Å². The van der Waals surface area contributed by atoms with E-state index in [-0.39, 0.29) is 23.3 Å². The first kappa shape index (κ1) is 29.9. The maximum absolute atomic E-state index is 15.1. The number of hydrogen-bond donors (Lipinski definition) is 4. The highest BCUT2D eigenvalue weighted by molar-refractivity contribution is 6.31. The first-order chi connectivity index (χ1) is 20.2. The molecule has 0 unspecified atom stereocenters. The number of rotatable bonds is 10. The number of H-pyrrole nitrogens is 1. The van der Waals surface area contributed by atoms with E-state index in [9.17, 15) is 4.79 Å². The number of aromatic nitrogens is 3. The van der Waals surface area contributed by atoms with Crippen LogP contribution in [0, 0.1) is 5.82 Å². The molecule has 1 aliphatic heterocycles. The predicted molar refractivity (Wildman–Crippen MR) is 166 cm³/mol. The molecule has 2 aromatic carbocycles. The van der Waals surface area contributed by atoms with Crippen LogP contribution in [0.4, 0.5) is 4.39 Å². The first-order valence-electron chi connectivity index (χ1n) is 14.3. The summed E-state index contributed by atoms with van der Waals surface area (Å²) in [5.41, 5.74) is 14.9. The average molecular weight is 594 g/mol. The number of hydrogen-bond acceptors (Lipinski definition) is 6. The third-order valence-electron chi connectivity index (χ3n) is 7.42. The zero-order valence-corrected chi connectivity index (χ0v) is 24.6. The number of halogens is 2. The highest BCUT2D eigenvalue weighted by Crippen LogP contribution is 2.31. The van der Waals surface area contributed by atoms with Gasteiger partial charge < -0.3 is 26.5 Å². The van der Waals surface area contributed by atoms with Crippen molar-refractivity contribution < 1.29 is 9.13 Å². The number of morpholine rings is 1. The predicted octanol–water partition coefficient (Wildman–Crippen LogP) is 4.64. The number of fused-ring (bicyclic) bond motifs is 1. The Morgan fingerprint density at radius 3 is 2.79 bits per heavy atom. The van der Waals surface area contributed by atoms with Gasteiger partial charge in [-0.1, -0.05) is 23.7 Å². The molecule has 11 heteroatoms. The monoisotopic (exact) mass is 593 g/mol. The van der Waals surface area contributed by atoms with Crippen LogP contribution in [-0.4, -0.2) is 52.2 Å². The van der Waals surface area contributed by atoms with Gasteiger partial charge in [0.05, 0.1) is 34.4 Å². The number of aromatic amines is 1. The summed E-state index contributed by atoms with van der Waals surface area (Å²) in [5.74, 6) is 0.0492. The van der Waals surface area contributed by atoms with E-state index < -0.39 is 11.5 Å². The Bertz CT molecular complexity index is 1630. The van der Waals surface area contributed by atoms with Crippen molar-refractivity contribution in [2.24, 2.45) is 16.5 Å². The van der Waals surface area contributed by atoms with Gasteiger partial charge in [0, 0.05) is 42.8 Å². The van der Waals surface area contributed by atoms with Crippen LogP contribution in [0.5, 0.6) is 0 Å². The largest absolute Gasteiger partial charge is 0.388 e. The average Bonchev–Trinajstić information content (AvgIpc) is 3.37. The maximum Gasteiger partial charge on any atom is 0.354 e. The van der Waals surface area contributed by atoms with E-state index in [1.807, 2.05) is 31.2 Å². The van der Waals surface area contributed by atoms with Crippen LogP contribution >= 0.6 is 11.6 Å². The minimum atomic E-state index is -0.520. The lowest BCUT2D eigenvalue weighted by Gasteiger charge is -2.31. The number of aryl methyl sites for hydroxylation is 1. The number of nitrogens with one attached hydrogen (secondary N) is 2. The number of benzene rings is 2. The Morgan fingerprint density at radius 1 is 1.26 bits per heavy atom. The van der Waals surface area contributed by atoms with Crippen LogP contribution < -0.4 is 22.5 Å². The second kappa shape index (κ2) is 13.2. The zero-order chi connectivity index (χ0) is 29.8. The molecule has 0 radical (unpaired) electrons. The highest BCUT2D eigenvalue weighted by atomic mass is 35.5. The van der Waals surface area contributed by atoms with Gasteiger partial charge in [-0.15, -0.1) is 0 Å². The van der Waals surface area contributed by atoms with Crippen LogP contribution in [0.25, 0.3) is 28.0 Å². The number of amidine groups is 1. The Kier molecular flexibility index (Phi) is 9.37. The quantitative estimate of drug-likeness (QED) is 0.156. The summed E-state index contributed by atoms with van der Waals surface area (Å²) >= 11 is 6.24. The topological polar surface area (TPSA) is 136 Å². The molecule has 0 aliphatic carbocycles. The van der Waals surface area contributed by atoms with E-state index in [4.69, 9.17) is 27.8 Å². The van der Waals surface area contributed by atoms with E-state index in [1.54, 1.807) is 31.3 Å². The standard InChI is InChI=1S/C31H37ClFN7O2/c1-18(34)4-3-5-20-12-25(29(33)26(32)13-20)27-14-22-17-40(31(41)39-30(22)38-27)23-8-6-21(7-9-23)28-16-36-15-24(42-28)10-11-37-19(2)35/h6-9,12-14,17-18,24,28,36H,3-5,10-11,15-16,34H2,1-2H3,(H2,35,37)(H,38,39,41)/t18-,24-,28-/m0/s1. The molecule has 3 atom stereocenters. The second-order valence-corrected chi connectivity index (χ2v) is 11.4. The zero-order valence-electron chi connectivity index (χ0n) is 23.9. The summed E-state index contributed by atoms with van der Waals surface area (Å²) in [6, 6.07) is 13.0. The Labute approximate surface area is 249 Å². The van der Waals surface area contributed by atoms with Crippen molar-refractivity contribution >= 4 is 28.5 Å². The minimum Gasteiger partial charge on any atom is -0.388 e. The van der Waals surface area contributed by atoms with Gasteiger partial charge in [-0.3, -0.25) is 9.56 Å². The fourth-order valence-corrected chi connectivity index (χ4v) is 5.49. The van der Waals surface area contributed by atoms with Crippen molar-refractivity contribution in [2.75, 3.05) is 19.6 Å². The van der Waals surface area contributed by atoms with Crippen LogP contribution in [0.1, 0.15) is 50.3 Å². The smallest absolute Gasteiger partial charge is 0.354 e. The van der Waals surface area contributed by atoms with Gasteiger partial charge in [-0.05, 0) is 81.0 Å². The van der Waals surface area contributed by atoms with Crippen molar-refractivity contribution in [3.8, 4) is 16.9 Å². The van der Waals surface area contributed by atoms with Gasteiger partial charge in [-0.25, -0.2) is 9.18 Å². The summed E-state index contributed by atoms with van der Waals surface area (Å²) in [4.78, 5) is 24.6.